The van der Waals surface area contributed by atoms with Crippen LogP contribution in [0.5, 0.6) is 0 Å². The molecule has 0 fully saturated rings. The minimum atomic E-state index is -5.39. The second-order valence-electron chi connectivity index (χ2n) is 0.447. The van der Waals surface area contributed by atoms with Crippen LogP contribution in [0.1, 0.15) is 0 Å². The van der Waals surface area contributed by atoms with E-state index in [1.807, 2.05) is 0 Å². The molecule has 0 spiro atoms. The topological polar surface area (TPSA) is 86.2 Å². The second kappa shape index (κ2) is 2.83. The maximum Gasteiger partial charge on any atom is 3.00 e. The molecule has 38 valence electrons. The van der Waals surface area contributed by atoms with Gasteiger partial charge in [0.25, 0.3) is 0 Å². The van der Waals surface area contributed by atoms with E-state index in [1.54, 1.807) is 0 Å². The Bertz CT molecular complexity index is 53.7. The molecule has 0 saturated carbocycles. The number of rotatable bonds is 0. The van der Waals surface area contributed by atoms with Crippen molar-refractivity contribution in [3.8, 4) is 0 Å². The third-order valence-corrected chi connectivity index (χ3v) is 0. The molecule has 0 rings (SSSR count). The van der Waals surface area contributed by atoms with Gasteiger partial charge in [0.15, 0.2) is 0 Å². The summed E-state index contributed by atoms with van der Waals surface area (Å²) in [5.74, 6) is 0. The SMILES string of the molecule is O=P([O-])([O-])[O-].[Rh+3]. The van der Waals surface area contributed by atoms with Gasteiger partial charge in [-0.25, -0.2) is 0 Å². The van der Waals surface area contributed by atoms with Gasteiger partial charge >= 0.3 is 19.5 Å². The van der Waals surface area contributed by atoms with Crippen molar-refractivity contribution in [3.63, 3.8) is 0 Å². The van der Waals surface area contributed by atoms with Crippen LogP contribution in [-0.4, -0.2) is 0 Å². The van der Waals surface area contributed by atoms with Crippen LogP contribution in [0.25, 0.3) is 0 Å². The van der Waals surface area contributed by atoms with Crippen molar-refractivity contribution in [2.75, 3.05) is 0 Å². The molecule has 0 aliphatic carbocycles. The largest absolute Gasteiger partial charge is 3.00 e. The van der Waals surface area contributed by atoms with Gasteiger partial charge in [0, 0.05) is 0 Å². The predicted octanol–water partition coefficient (Wildman–Crippen LogP) is -2.83. The summed E-state index contributed by atoms with van der Waals surface area (Å²) in [6.45, 7) is 0. The molecule has 0 aromatic rings. The molecule has 0 atom stereocenters. The number of phosphoric acid groups is 1. The summed E-state index contributed by atoms with van der Waals surface area (Å²) in [5, 5.41) is 0. The summed E-state index contributed by atoms with van der Waals surface area (Å²) in [5.41, 5.74) is 0. The third kappa shape index (κ3) is 123. The Balaban J connectivity index is 0. The van der Waals surface area contributed by atoms with E-state index in [4.69, 9.17) is 19.2 Å². The standard InChI is InChI=1S/H3O4P.Rh/c1-5(2,3)4;/h(H3,1,2,3,4);/q;+3/p-3. The zero-order valence-corrected chi connectivity index (χ0v) is 4.95. The van der Waals surface area contributed by atoms with Gasteiger partial charge in [-0.2, -0.15) is 7.82 Å². The summed E-state index contributed by atoms with van der Waals surface area (Å²) in [4.78, 5) is 25.6. The Morgan fingerprint density at radius 1 is 1.17 bits per heavy atom. The quantitative estimate of drug-likeness (QED) is 0.310. The molecule has 0 bridgehead atoms. The molecule has 0 unspecified atom stereocenters. The zero-order valence-electron chi connectivity index (χ0n) is 2.41. The fraction of sp³-hybridized carbons (Fsp3) is 0. The van der Waals surface area contributed by atoms with Crippen molar-refractivity contribution in [1.82, 2.24) is 0 Å². The van der Waals surface area contributed by atoms with Crippen molar-refractivity contribution in [2.45, 2.75) is 0 Å². The first-order valence-electron chi connectivity index (χ1n) is 0.730. The van der Waals surface area contributed by atoms with Crippen LogP contribution in [-0.2, 0) is 24.0 Å². The summed E-state index contributed by atoms with van der Waals surface area (Å²) in [6.07, 6.45) is 0. The zero-order chi connectivity index (χ0) is 4.50. The van der Waals surface area contributed by atoms with Crippen LogP contribution in [0.4, 0.5) is 0 Å². The molecular weight excluding hydrogens is 198 g/mol. The summed E-state index contributed by atoms with van der Waals surface area (Å²) >= 11 is 0. The van der Waals surface area contributed by atoms with E-state index in [0.29, 0.717) is 0 Å². The van der Waals surface area contributed by atoms with E-state index < -0.39 is 7.82 Å². The van der Waals surface area contributed by atoms with Crippen LogP contribution >= 0.6 is 7.82 Å². The maximum atomic E-state index is 8.55. The fourth-order valence-corrected chi connectivity index (χ4v) is 0. The average molecular weight is 198 g/mol. The van der Waals surface area contributed by atoms with Gasteiger partial charge in [-0.3, -0.25) is 0 Å². The molecule has 0 aromatic heterocycles. The van der Waals surface area contributed by atoms with Crippen molar-refractivity contribution >= 4 is 7.82 Å². The summed E-state index contributed by atoms with van der Waals surface area (Å²) in [6, 6.07) is 0. The van der Waals surface area contributed by atoms with Crippen molar-refractivity contribution in [2.24, 2.45) is 0 Å². The van der Waals surface area contributed by atoms with Gasteiger partial charge in [-0.15, -0.1) is 0 Å². The van der Waals surface area contributed by atoms with Crippen molar-refractivity contribution in [3.05, 3.63) is 0 Å². The summed E-state index contributed by atoms with van der Waals surface area (Å²) < 4.78 is 8.55. The number of hydrogen-bond acceptors (Lipinski definition) is 4. The van der Waals surface area contributed by atoms with Crippen molar-refractivity contribution < 1.29 is 38.7 Å². The molecule has 0 aliphatic rings. The normalized spacial score (nSPS) is 9.83. The molecule has 0 radical (unpaired) electrons. The van der Waals surface area contributed by atoms with Crippen LogP contribution in [0.3, 0.4) is 0 Å². The van der Waals surface area contributed by atoms with Gasteiger partial charge in [0.2, 0.25) is 0 Å². The Morgan fingerprint density at radius 3 is 1.17 bits per heavy atom. The fourth-order valence-electron chi connectivity index (χ4n) is 0. The van der Waals surface area contributed by atoms with E-state index in [9.17, 15) is 0 Å². The Hall–Kier alpha value is 0.733. The van der Waals surface area contributed by atoms with Crippen LogP contribution in [0.15, 0.2) is 0 Å². The van der Waals surface area contributed by atoms with Crippen LogP contribution < -0.4 is 14.7 Å². The number of hydrogen-bond donors (Lipinski definition) is 0. The van der Waals surface area contributed by atoms with E-state index in [0.717, 1.165) is 0 Å². The molecule has 0 amide bonds. The molecule has 4 nitrogen and oxygen atoms in total. The monoisotopic (exact) mass is 198 g/mol. The summed E-state index contributed by atoms with van der Waals surface area (Å²) in [7, 11) is -5.39. The van der Waals surface area contributed by atoms with Gasteiger partial charge < -0.3 is 19.2 Å². The Kier molecular flexibility index (Phi) is 4.66. The molecule has 6 heteroatoms. The first-order valence-corrected chi connectivity index (χ1v) is 2.19. The predicted molar refractivity (Wildman–Crippen MR) is 7.61 cm³/mol. The molecule has 0 aromatic carbocycles. The van der Waals surface area contributed by atoms with Crippen LogP contribution in [0, 0.1) is 0 Å². The van der Waals surface area contributed by atoms with E-state index in [1.165, 1.54) is 0 Å². The van der Waals surface area contributed by atoms with E-state index in [2.05, 4.69) is 0 Å². The molecule has 0 N–H and O–H groups in total. The van der Waals surface area contributed by atoms with Gasteiger partial charge in [0.05, 0.1) is 0 Å². The molecular formula is O4PRh. The van der Waals surface area contributed by atoms with E-state index in [-0.39, 0.29) is 19.5 Å². The first-order chi connectivity index (χ1) is 2.00. The molecule has 0 heterocycles. The maximum absolute atomic E-state index is 8.55. The van der Waals surface area contributed by atoms with E-state index >= 15 is 0 Å². The first kappa shape index (κ1) is 9.88. The Labute approximate surface area is 47.2 Å². The minimum absolute atomic E-state index is 0. The molecule has 0 aliphatic heterocycles. The second-order valence-corrected chi connectivity index (χ2v) is 1.34. The molecule has 0 saturated heterocycles. The van der Waals surface area contributed by atoms with Gasteiger partial charge in [0.1, 0.15) is 0 Å². The van der Waals surface area contributed by atoms with Gasteiger partial charge in [-0.1, -0.05) is 0 Å². The Morgan fingerprint density at radius 2 is 1.17 bits per heavy atom. The average Bonchev–Trinajstić information content (AvgIpc) is 0.722. The van der Waals surface area contributed by atoms with Crippen LogP contribution in [0.2, 0.25) is 0 Å². The smallest absolute Gasteiger partial charge is 0.822 e. The van der Waals surface area contributed by atoms with Crippen molar-refractivity contribution in [1.29, 1.82) is 0 Å². The minimum Gasteiger partial charge on any atom is -0.822 e. The molecule has 6 heavy (non-hydrogen) atoms. The van der Waals surface area contributed by atoms with Gasteiger partial charge in [-0.05, 0) is 0 Å². The third-order valence-electron chi connectivity index (χ3n) is 0.